The number of ether oxygens (including phenoxy) is 1. The molecule has 0 atom stereocenters. The maximum atomic E-state index is 13.3. The quantitative estimate of drug-likeness (QED) is 0.615. The van der Waals surface area contributed by atoms with Gasteiger partial charge in [-0.1, -0.05) is 6.07 Å². The third kappa shape index (κ3) is 4.67. The topological polar surface area (TPSA) is 43.4 Å². The maximum Gasteiger partial charge on any atom is 0.232 e. The lowest BCUT2D eigenvalue weighted by atomic mass is 10.3. The van der Waals surface area contributed by atoms with Gasteiger partial charge in [0, 0.05) is 10.7 Å². The number of benzene rings is 1. The third-order valence-electron chi connectivity index (χ3n) is 1.71. The molecule has 0 unspecified atom stereocenters. The molecule has 1 aromatic carbocycles. The summed E-state index contributed by atoms with van der Waals surface area (Å²) in [6.45, 7) is 0.0966. The van der Waals surface area contributed by atoms with Crippen molar-refractivity contribution >= 4 is 35.7 Å². The van der Waals surface area contributed by atoms with Gasteiger partial charge in [-0.25, -0.2) is 12.8 Å². The van der Waals surface area contributed by atoms with Crippen LogP contribution in [0.4, 0.5) is 4.39 Å². The lowest BCUT2D eigenvalue weighted by Crippen LogP contribution is -2.05. The predicted molar refractivity (Wildman–Crippen MR) is 63.9 cm³/mol. The SMILES string of the molecule is O=S(=O)(Cl)CCCOc1cccc(Br)c1F. The fourth-order valence-corrected chi connectivity index (χ4v) is 2.15. The van der Waals surface area contributed by atoms with Gasteiger partial charge in [0.25, 0.3) is 0 Å². The van der Waals surface area contributed by atoms with Gasteiger partial charge in [-0.15, -0.1) is 0 Å². The Morgan fingerprint density at radius 2 is 2.12 bits per heavy atom. The second kappa shape index (κ2) is 5.84. The molecule has 0 aliphatic rings. The Morgan fingerprint density at radius 1 is 1.44 bits per heavy atom. The van der Waals surface area contributed by atoms with E-state index in [0.29, 0.717) is 4.47 Å². The first-order valence-electron chi connectivity index (χ1n) is 4.39. The van der Waals surface area contributed by atoms with E-state index in [9.17, 15) is 12.8 Å². The second-order valence-electron chi connectivity index (χ2n) is 3.00. The number of rotatable bonds is 5. The van der Waals surface area contributed by atoms with Gasteiger partial charge in [0.2, 0.25) is 9.05 Å². The van der Waals surface area contributed by atoms with Crippen LogP contribution in [0, 0.1) is 5.82 Å². The van der Waals surface area contributed by atoms with Crippen molar-refractivity contribution < 1.29 is 17.5 Å². The summed E-state index contributed by atoms with van der Waals surface area (Å²) in [4.78, 5) is 0. The molecule has 16 heavy (non-hydrogen) atoms. The smallest absolute Gasteiger partial charge is 0.232 e. The first kappa shape index (κ1) is 13.7. The number of hydrogen-bond acceptors (Lipinski definition) is 3. The van der Waals surface area contributed by atoms with Crippen molar-refractivity contribution in [1.29, 1.82) is 0 Å². The van der Waals surface area contributed by atoms with E-state index in [1.54, 1.807) is 12.1 Å². The third-order valence-corrected chi connectivity index (χ3v) is 3.56. The summed E-state index contributed by atoms with van der Waals surface area (Å²) in [5.41, 5.74) is 0. The Hall–Kier alpha value is -0.330. The molecule has 0 amide bonds. The molecule has 3 nitrogen and oxygen atoms in total. The molecule has 0 fully saturated rings. The van der Waals surface area contributed by atoms with E-state index in [-0.39, 0.29) is 24.5 Å². The predicted octanol–water partition coefficient (Wildman–Crippen LogP) is 2.93. The summed E-state index contributed by atoms with van der Waals surface area (Å²) in [7, 11) is 1.50. The molecule has 90 valence electrons. The molecule has 0 aromatic heterocycles. The minimum absolute atomic E-state index is 0.0846. The van der Waals surface area contributed by atoms with E-state index in [4.69, 9.17) is 15.4 Å². The van der Waals surface area contributed by atoms with Gasteiger partial charge in [-0.2, -0.15) is 0 Å². The van der Waals surface area contributed by atoms with Crippen LogP contribution in [0.2, 0.25) is 0 Å². The first-order valence-corrected chi connectivity index (χ1v) is 7.66. The maximum absolute atomic E-state index is 13.3. The minimum atomic E-state index is -3.51. The average molecular weight is 332 g/mol. The zero-order valence-electron chi connectivity index (χ0n) is 8.12. The Morgan fingerprint density at radius 3 is 2.75 bits per heavy atom. The van der Waals surface area contributed by atoms with Crippen LogP contribution in [-0.4, -0.2) is 20.8 Å². The van der Waals surface area contributed by atoms with Crippen LogP contribution in [0.1, 0.15) is 6.42 Å². The highest BCUT2D eigenvalue weighted by molar-refractivity contribution is 9.10. The van der Waals surface area contributed by atoms with Crippen LogP contribution in [0.3, 0.4) is 0 Å². The molecule has 1 rings (SSSR count). The minimum Gasteiger partial charge on any atom is -0.490 e. The summed E-state index contributed by atoms with van der Waals surface area (Å²) < 4.78 is 39.9. The Bertz CT molecular complexity index is 464. The zero-order valence-corrected chi connectivity index (χ0v) is 11.3. The van der Waals surface area contributed by atoms with E-state index >= 15 is 0 Å². The van der Waals surface area contributed by atoms with Crippen molar-refractivity contribution in [3.63, 3.8) is 0 Å². The van der Waals surface area contributed by atoms with Crippen LogP contribution in [0.15, 0.2) is 22.7 Å². The molecule has 0 saturated carbocycles. The largest absolute Gasteiger partial charge is 0.490 e. The second-order valence-corrected chi connectivity index (χ2v) is 6.75. The molecule has 0 heterocycles. The van der Waals surface area contributed by atoms with Gasteiger partial charge in [0.1, 0.15) is 0 Å². The van der Waals surface area contributed by atoms with Crippen LogP contribution in [0.25, 0.3) is 0 Å². The zero-order chi connectivity index (χ0) is 12.2. The standard InChI is InChI=1S/C9H9BrClFO3S/c10-7-3-1-4-8(9(7)12)15-5-2-6-16(11,13)14/h1,3-4H,2,5-6H2. The van der Waals surface area contributed by atoms with Gasteiger partial charge in [0.05, 0.1) is 16.8 Å². The fraction of sp³-hybridized carbons (Fsp3) is 0.333. The van der Waals surface area contributed by atoms with Crippen molar-refractivity contribution in [3.05, 3.63) is 28.5 Å². The van der Waals surface area contributed by atoms with Crippen molar-refractivity contribution in [1.82, 2.24) is 0 Å². The summed E-state index contributed by atoms with van der Waals surface area (Å²) in [5, 5.41) is 0. The van der Waals surface area contributed by atoms with Crippen LogP contribution < -0.4 is 4.74 Å². The summed E-state index contributed by atoms with van der Waals surface area (Å²) in [6, 6.07) is 4.64. The van der Waals surface area contributed by atoms with E-state index < -0.39 is 14.9 Å². The number of halogens is 3. The number of hydrogen-bond donors (Lipinski definition) is 0. The van der Waals surface area contributed by atoms with Gasteiger partial charge in [-0.05, 0) is 34.5 Å². The van der Waals surface area contributed by atoms with Crippen molar-refractivity contribution in [2.24, 2.45) is 0 Å². The lowest BCUT2D eigenvalue weighted by Gasteiger charge is -2.06. The molecule has 0 spiro atoms. The Balaban J connectivity index is 2.47. The van der Waals surface area contributed by atoms with Crippen molar-refractivity contribution in [2.75, 3.05) is 12.4 Å². The molecule has 0 saturated heterocycles. The molecule has 1 aromatic rings. The van der Waals surface area contributed by atoms with Crippen LogP contribution in [0.5, 0.6) is 5.75 Å². The van der Waals surface area contributed by atoms with Gasteiger partial charge in [0.15, 0.2) is 11.6 Å². The van der Waals surface area contributed by atoms with E-state index in [0.717, 1.165) is 0 Å². The highest BCUT2D eigenvalue weighted by Crippen LogP contribution is 2.24. The summed E-state index contributed by atoms with van der Waals surface area (Å²) in [5.74, 6) is -0.609. The highest BCUT2D eigenvalue weighted by atomic mass is 79.9. The van der Waals surface area contributed by atoms with E-state index in [1.807, 2.05) is 0 Å². The normalized spacial score (nSPS) is 11.4. The van der Waals surface area contributed by atoms with E-state index in [2.05, 4.69) is 15.9 Å². The molecule has 7 heteroatoms. The Kier molecular flexibility index (Phi) is 5.01. The molecule has 0 aliphatic heterocycles. The molecular weight excluding hydrogens is 323 g/mol. The summed E-state index contributed by atoms with van der Waals surface area (Å²) in [6.07, 6.45) is 0.220. The average Bonchev–Trinajstić information content (AvgIpc) is 2.17. The van der Waals surface area contributed by atoms with Gasteiger partial charge < -0.3 is 4.74 Å². The molecular formula is C9H9BrClFO3S. The first-order chi connectivity index (χ1) is 7.40. The molecule has 0 radical (unpaired) electrons. The van der Waals surface area contributed by atoms with Gasteiger partial charge in [-0.3, -0.25) is 0 Å². The highest BCUT2D eigenvalue weighted by Gasteiger charge is 2.08. The fourth-order valence-electron chi connectivity index (χ4n) is 1.01. The lowest BCUT2D eigenvalue weighted by molar-refractivity contribution is 0.301. The summed E-state index contributed by atoms with van der Waals surface area (Å²) >= 11 is 3.01. The molecule has 0 bridgehead atoms. The molecule has 0 aliphatic carbocycles. The van der Waals surface area contributed by atoms with E-state index in [1.165, 1.54) is 6.07 Å². The van der Waals surface area contributed by atoms with Crippen LogP contribution in [-0.2, 0) is 9.05 Å². The van der Waals surface area contributed by atoms with Gasteiger partial charge >= 0.3 is 0 Å². The monoisotopic (exact) mass is 330 g/mol. The van der Waals surface area contributed by atoms with Crippen LogP contribution >= 0.6 is 26.6 Å². The molecule has 0 N–H and O–H groups in total. The van der Waals surface area contributed by atoms with Crippen molar-refractivity contribution in [3.8, 4) is 5.75 Å². The van der Waals surface area contributed by atoms with Crippen molar-refractivity contribution in [2.45, 2.75) is 6.42 Å². The Labute approximate surface area is 106 Å².